The van der Waals surface area contributed by atoms with Crippen molar-refractivity contribution >= 4 is 35.2 Å². The number of nitrogens with one attached hydrogen (secondary N) is 1. The molecule has 1 aliphatic heterocycles. The number of aromatic carboxylic acids is 2. The molecule has 0 unspecified atom stereocenters. The molecule has 0 aliphatic carbocycles. The number of ether oxygens (including phenoxy) is 1. The van der Waals surface area contributed by atoms with Gasteiger partial charge in [-0.2, -0.15) is 0 Å². The van der Waals surface area contributed by atoms with Crippen molar-refractivity contribution in [2.75, 3.05) is 16.8 Å². The van der Waals surface area contributed by atoms with Crippen LogP contribution < -0.4 is 10.2 Å². The second-order valence-corrected chi connectivity index (χ2v) is 6.93. The van der Waals surface area contributed by atoms with Crippen LogP contribution in [0, 0.1) is 0 Å². The number of hydrogen-bond acceptors (Lipinski definition) is 6. The lowest BCUT2D eigenvalue weighted by molar-refractivity contribution is -0.147. The van der Waals surface area contributed by atoms with Crippen molar-refractivity contribution in [1.82, 2.24) is 0 Å². The Morgan fingerprint density at radius 1 is 1.03 bits per heavy atom. The molecule has 9 heteroatoms. The zero-order valence-corrected chi connectivity index (χ0v) is 16.8. The van der Waals surface area contributed by atoms with E-state index in [1.54, 1.807) is 13.0 Å². The van der Waals surface area contributed by atoms with Gasteiger partial charge in [-0.3, -0.25) is 9.69 Å². The molecule has 1 atom stereocenters. The van der Waals surface area contributed by atoms with Gasteiger partial charge in [0.25, 0.3) is 5.91 Å². The molecule has 0 fully saturated rings. The first-order valence-corrected chi connectivity index (χ1v) is 9.35. The molecule has 31 heavy (non-hydrogen) atoms. The van der Waals surface area contributed by atoms with Gasteiger partial charge in [0.15, 0.2) is 5.54 Å². The smallest absolute Gasteiger partial charge is 0.336 e. The molecule has 0 bridgehead atoms. The third-order valence-corrected chi connectivity index (χ3v) is 4.75. The summed E-state index contributed by atoms with van der Waals surface area (Å²) in [6.07, 6.45) is 1.38. The lowest BCUT2D eigenvalue weighted by atomic mass is 10.0. The standard InChI is InChI=1S/C22H20N2O7/c1-3-31-21(30)22(2)12-17(23-15-8-4-6-13(10-15)19(26)27)18(25)24(22)16-9-5-7-14(11-16)20(28)29/h4-12,23H,3H2,1-2H3,(H,26,27)(H,28,29)/t22-/m1/s1. The van der Waals surface area contributed by atoms with Crippen molar-refractivity contribution in [1.29, 1.82) is 0 Å². The minimum Gasteiger partial charge on any atom is -0.478 e. The van der Waals surface area contributed by atoms with E-state index in [1.165, 1.54) is 55.5 Å². The topological polar surface area (TPSA) is 133 Å². The summed E-state index contributed by atoms with van der Waals surface area (Å²) in [6, 6.07) is 11.5. The van der Waals surface area contributed by atoms with Crippen molar-refractivity contribution in [2.24, 2.45) is 0 Å². The van der Waals surface area contributed by atoms with Gasteiger partial charge in [-0.25, -0.2) is 14.4 Å². The number of amides is 1. The van der Waals surface area contributed by atoms with Crippen molar-refractivity contribution in [3.8, 4) is 0 Å². The highest BCUT2D eigenvalue weighted by atomic mass is 16.5. The molecule has 160 valence electrons. The maximum Gasteiger partial charge on any atom is 0.336 e. The number of carboxylic acid groups (broad SMARTS) is 2. The van der Waals surface area contributed by atoms with Crippen LogP contribution in [0.2, 0.25) is 0 Å². The minimum atomic E-state index is -1.54. The molecule has 0 saturated carbocycles. The molecule has 0 saturated heterocycles. The summed E-state index contributed by atoms with van der Waals surface area (Å²) in [5.74, 6) is -3.60. The molecule has 0 spiro atoms. The monoisotopic (exact) mass is 424 g/mol. The predicted octanol–water partition coefficient (Wildman–Crippen LogP) is 2.75. The van der Waals surface area contributed by atoms with Gasteiger partial charge in [-0.05, 0) is 56.3 Å². The van der Waals surface area contributed by atoms with Crippen molar-refractivity contribution < 1.29 is 34.1 Å². The third kappa shape index (κ3) is 4.11. The molecule has 0 radical (unpaired) electrons. The SMILES string of the molecule is CCOC(=O)[C@@]1(C)C=C(Nc2cccc(C(=O)O)c2)C(=O)N1c1cccc(C(=O)O)c1. The Morgan fingerprint density at radius 3 is 2.26 bits per heavy atom. The van der Waals surface area contributed by atoms with Gasteiger partial charge < -0.3 is 20.3 Å². The molecule has 3 rings (SSSR count). The molecular weight excluding hydrogens is 404 g/mol. The Labute approximate surface area is 177 Å². The van der Waals surface area contributed by atoms with Crippen molar-refractivity contribution in [3.63, 3.8) is 0 Å². The van der Waals surface area contributed by atoms with Gasteiger partial charge in [-0.15, -0.1) is 0 Å². The van der Waals surface area contributed by atoms with Gasteiger partial charge in [0.1, 0.15) is 5.70 Å². The van der Waals surface area contributed by atoms with Gasteiger partial charge in [0, 0.05) is 11.4 Å². The summed E-state index contributed by atoms with van der Waals surface area (Å²) >= 11 is 0. The molecule has 9 nitrogen and oxygen atoms in total. The van der Waals surface area contributed by atoms with Crippen LogP contribution in [-0.4, -0.2) is 46.2 Å². The van der Waals surface area contributed by atoms with Crippen LogP contribution in [0.25, 0.3) is 0 Å². The van der Waals surface area contributed by atoms with Gasteiger partial charge >= 0.3 is 17.9 Å². The van der Waals surface area contributed by atoms with E-state index in [0.717, 1.165) is 4.90 Å². The third-order valence-electron chi connectivity index (χ3n) is 4.75. The average molecular weight is 424 g/mol. The van der Waals surface area contributed by atoms with Crippen molar-refractivity contribution in [2.45, 2.75) is 19.4 Å². The van der Waals surface area contributed by atoms with Crippen LogP contribution in [0.3, 0.4) is 0 Å². The summed E-state index contributed by atoms with van der Waals surface area (Å²) in [5.41, 5.74) is -1.00. The lowest BCUT2D eigenvalue weighted by Gasteiger charge is -2.32. The van der Waals surface area contributed by atoms with E-state index >= 15 is 0 Å². The average Bonchev–Trinajstić information content (AvgIpc) is 2.99. The van der Waals surface area contributed by atoms with E-state index in [-0.39, 0.29) is 29.1 Å². The first kappa shape index (κ1) is 21.6. The summed E-state index contributed by atoms with van der Waals surface area (Å²) in [5, 5.41) is 21.3. The van der Waals surface area contributed by atoms with Gasteiger partial charge in [0.2, 0.25) is 0 Å². The highest BCUT2D eigenvalue weighted by Gasteiger charge is 2.49. The number of esters is 1. The molecule has 1 heterocycles. The maximum absolute atomic E-state index is 13.3. The maximum atomic E-state index is 13.3. The summed E-state index contributed by atoms with van der Waals surface area (Å²) < 4.78 is 5.16. The first-order valence-electron chi connectivity index (χ1n) is 9.35. The lowest BCUT2D eigenvalue weighted by Crippen LogP contribution is -2.51. The first-order chi connectivity index (χ1) is 14.7. The molecule has 2 aromatic rings. The quantitative estimate of drug-likeness (QED) is 0.578. The summed E-state index contributed by atoms with van der Waals surface area (Å²) in [6.45, 7) is 3.20. The Bertz CT molecular complexity index is 1110. The van der Waals surface area contributed by atoms with E-state index < -0.39 is 29.4 Å². The Kier molecular flexibility index (Phi) is 5.78. The second-order valence-electron chi connectivity index (χ2n) is 6.93. The molecular formula is C22H20N2O7. The Balaban J connectivity index is 2.04. The fourth-order valence-electron chi connectivity index (χ4n) is 3.30. The van der Waals surface area contributed by atoms with E-state index in [2.05, 4.69) is 5.32 Å². The second kappa shape index (κ2) is 8.31. The van der Waals surface area contributed by atoms with E-state index in [0.29, 0.717) is 5.69 Å². The molecule has 1 aliphatic rings. The van der Waals surface area contributed by atoms with Crippen LogP contribution in [-0.2, 0) is 14.3 Å². The minimum absolute atomic E-state index is 0.0233. The van der Waals surface area contributed by atoms with E-state index in [1.807, 2.05) is 0 Å². The molecule has 1 amide bonds. The van der Waals surface area contributed by atoms with Gasteiger partial charge in [0.05, 0.1) is 17.7 Å². The highest BCUT2D eigenvalue weighted by Crippen LogP contribution is 2.35. The Hall–Kier alpha value is -4.14. The fraction of sp³-hybridized carbons (Fsp3) is 0.182. The number of benzene rings is 2. The molecule has 3 N–H and O–H groups in total. The summed E-state index contributed by atoms with van der Waals surface area (Å²) in [4.78, 5) is 49.8. The van der Waals surface area contributed by atoms with Crippen molar-refractivity contribution in [3.05, 3.63) is 71.4 Å². The number of hydrogen-bond donors (Lipinski definition) is 3. The zero-order chi connectivity index (χ0) is 22.8. The fourth-order valence-corrected chi connectivity index (χ4v) is 3.30. The summed E-state index contributed by atoms with van der Waals surface area (Å²) in [7, 11) is 0. The number of carbonyl (C=O) groups is 4. The number of rotatable bonds is 7. The largest absolute Gasteiger partial charge is 0.478 e. The van der Waals surface area contributed by atoms with Crippen LogP contribution in [0.1, 0.15) is 34.6 Å². The van der Waals surface area contributed by atoms with Crippen LogP contribution in [0.4, 0.5) is 11.4 Å². The number of carboxylic acids is 2. The normalized spacial score (nSPS) is 17.8. The van der Waals surface area contributed by atoms with E-state index in [9.17, 15) is 29.4 Å². The number of anilines is 2. The van der Waals surface area contributed by atoms with Crippen LogP contribution in [0.15, 0.2) is 60.3 Å². The predicted molar refractivity (Wildman–Crippen MR) is 111 cm³/mol. The number of nitrogens with zero attached hydrogens (tertiary/aromatic N) is 1. The molecule has 2 aromatic carbocycles. The Morgan fingerprint density at radius 2 is 1.65 bits per heavy atom. The zero-order valence-electron chi connectivity index (χ0n) is 16.8. The highest BCUT2D eigenvalue weighted by molar-refractivity contribution is 6.17. The van der Waals surface area contributed by atoms with E-state index in [4.69, 9.17) is 4.74 Å². The van der Waals surface area contributed by atoms with Crippen LogP contribution in [0.5, 0.6) is 0 Å². The van der Waals surface area contributed by atoms with Gasteiger partial charge in [-0.1, -0.05) is 12.1 Å². The number of carbonyl (C=O) groups excluding carboxylic acids is 2. The molecule has 0 aromatic heterocycles. The van der Waals surface area contributed by atoms with Crippen LogP contribution >= 0.6 is 0 Å².